The molecule has 5 nitrogen and oxygen atoms in total. The van der Waals surface area contributed by atoms with E-state index in [1.165, 1.54) is 148 Å². The fourth-order valence-electron chi connectivity index (χ4n) is 12.5. The Balaban J connectivity index is 1.36. The zero-order valence-corrected chi connectivity index (χ0v) is 37.2. The molecule has 6 unspecified atom stereocenters. The highest BCUT2D eigenvalue weighted by Crippen LogP contribution is 2.79. The maximum atomic E-state index is 12.7. The average Bonchev–Trinajstić information content (AvgIpc) is 3.51. The summed E-state index contributed by atoms with van der Waals surface area (Å²) >= 11 is 0. The minimum atomic E-state index is -0.00206. The molecule has 0 aromatic carbocycles. The number of hydrogen-bond acceptors (Lipinski definition) is 5. The highest BCUT2D eigenvalue weighted by Gasteiger charge is 2.69. The van der Waals surface area contributed by atoms with Gasteiger partial charge in [-0.25, -0.2) is 0 Å². The largest absolute Gasteiger partial charge is 0.466 e. The maximum absolute atomic E-state index is 12.7. The molecular formula is C50H92O5. The van der Waals surface area contributed by atoms with Gasteiger partial charge in [-0.15, -0.1) is 0 Å². The van der Waals surface area contributed by atoms with Crippen LogP contribution < -0.4 is 0 Å². The lowest BCUT2D eigenvalue weighted by Gasteiger charge is -2.41. The van der Waals surface area contributed by atoms with Crippen LogP contribution in [0.1, 0.15) is 252 Å². The highest BCUT2D eigenvalue weighted by atomic mass is 16.5. The number of aliphatic hydroxyl groups is 1. The molecule has 0 aromatic rings. The molecule has 1 N–H and O–H groups in total. The van der Waals surface area contributed by atoms with E-state index < -0.39 is 0 Å². The van der Waals surface area contributed by atoms with Gasteiger partial charge in [0.15, 0.2) is 0 Å². The Labute approximate surface area is 341 Å². The van der Waals surface area contributed by atoms with Gasteiger partial charge in [0.25, 0.3) is 0 Å². The van der Waals surface area contributed by atoms with Crippen molar-refractivity contribution in [3.8, 4) is 0 Å². The molecular weight excluding hydrogens is 681 g/mol. The normalized spacial score (nSPS) is 25.1. The van der Waals surface area contributed by atoms with Gasteiger partial charge in [0, 0.05) is 19.4 Å². The quantitative estimate of drug-likeness (QED) is 0.0503. The molecule has 4 bridgehead atoms. The first kappa shape index (κ1) is 48.3. The van der Waals surface area contributed by atoms with Crippen molar-refractivity contribution in [2.24, 2.45) is 34.0 Å². The van der Waals surface area contributed by atoms with E-state index in [1.54, 1.807) is 0 Å². The third-order valence-corrected chi connectivity index (χ3v) is 15.0. The predicted molar refractivity (Wildman–Crippen MR) is 231 cm³/mol. The van der Waals surface area contributed by atoms with Crippen molar-refractivity contribution in [1.29, 1.82) is 0 Å². The molecule has 0 saturated heterocycles. The number of unbranched alkanes of at least 4 members (excludes halogenated alkanes) is 10. The molecule has 6 atom stereocenters. The van der Waals surface area contributed by atoms with Crippen molar-refractivity contribution < 1.29 is 24.2 Å². The van der Waals surface area contributed by atoms with Gasteiger partial charge in [-0.1, -0.05) is 156 Å². The van der Waals surface area contributed by atoms with Crippen LogP contribution in [0.25, 0.3) is 0 Å². The molecule has 0 amide bonds. The third-order valence-electron chi connectivity index (χ3n) is 15.0. The molecule has 4 aliphatic rings. The lowest BCUT2D eigenvalue weighted by molar-refractivity contribution is -0.145. The van der Waals surface area contributed by atoms with Crippen molar-refractivity contribution in [3.63, 3.8) is 0 Å². The van der Waals surface area contributed by atoms with E-state index in [4.69, 9.17) is 9.47 Å². The molecule has 0 aromatic heterocycles. The second-order valence-corrected chi connectivity index (χ2v) is 19.6. The van der Waals surface area contributed by atoms with Crippen LogP contribution >= 0.6 is 0 Å². The van der Waals surface area contributed by atoms with E-state index in [0.717, 1.165) is 82.0 Å². The SMILES string of the molecule is CCCCCCC(CCCC)CCCCC(=O)OCCCC12CC3CC(CCCO)(C1)C(CCCOC(=O)CCCCC(CCCC)CCCCCC)(C3)C2. The van der Waals surface area contributed by atoms with Gasteiger partial charge in [-0.05, 0) is 117 Å². The standard InChI is InChI=1S/C50H92O5/c1-5-9-13-15-26-43(24-11-7-3)28-17-19-30-46(52)54-36-22-32-48-38-45-39-49(41-48,33-21-35-51)50(40-45,42-48)34-23-37-55-47(53)31-20-18-29-44(25-12-8-4)27-16-14-10-6-2/h43-45,51H,5-42H2,1-4H3. The Bertz CT molecular complexity index is 1010. The van der Waals surface area contributed by atoms with Crippen LogP contribution in [0, 0.1) is 34.0 Å². The predicted octanol–water partition coefficient (Wildman–Crippen LogP) is 14.6. The van der Waals surface area contributed by atoms with Gasteiger partial charge >= 0.3 is 11.9 Å². The monoisotopic (exact) mass is 773 g/mol. The van der Waals surface area contributed by atoms with Gasteiger partial charge in [-0.2, -0.15) is 0 Å². The summed E-state index contributed by atoms with van der Waals surface area (Å²) in [7, 11) is 0. The summed E-state index contributed by atoms with van der Waals surface area (Å²) in [6.07, 6.45) is 42.1. The van der Waals surface area contributed by atoms with E-state index in [2.05, 4.69) is 27.7 Å². The van der Waals surface area contributed by atoms with Crippen LogP contribution in [-0.2, 0) is 19.1 Å². The van der Waals surface area contributed by atoms with Crippen LogP contribution in [0.3, 0.4) is 0 Å². The Morgan fingerprint density at radius 2 is 0.927 bits per heavy atom. The number of aliphatic hydroxyl groups excluding tert-OH is 1. The summed E-state index contributed by atoms with van der Waals surface area (Å²) in [4.78, 5) is 25.4. The topological polar surface area (TPSA) is 72.8 Å². The fraction of sp³-hybridized carbons (Fsp3) is 0.960. The number of esters is 2. The van der Waals surface area contributed by atoms with Crippen LogP contribution in [0.2, 0.25) is 0 Å². The maximum Gasteiger partial charge on any atom is 0.305 e. The summed E-state index contributed by atoms with van der Waals surface area (Å²) in [5.41, 5.74) is 1.01. The van der Waals surface area contributed by atoms with E-state index in [0.29, 0.717) is 42.3 Å². The molecule has 4 fully saturated rings. The van der Waals surface area contributed by atoms with Gasteiger partial charge < -0.3 is 14.6 Å². The van der Waals surface area contributed by atoms with E-state index in [9.17, 15) is 14.7 Å². The van der Waals surface area contributed by atoms with E-state index in [-0.39, 0.29) is 18.5 Å². The Kier molecular flexibility index (Phi) is 24.2. The number of ether oxygens (including phenoxy) is 2. The molecule has 0 heterocycles. The Hall–Kier alpha value is -1.10. The summed E-state index contributed by atoms with van der Waals surface area (Å²) in [5.74, 6) is 2.45. The van der Waals surface area contributed by atoms with Gasteiger partial charge in [0.2, 0.25) is 0 Å². The second-order valence-electron chi connectivity index (χ2n) is 19.6. The third kappa shape index (κ3) is 17.0. The first-order valence-electron chi connectivity index (χ1n) is 24.7. The number of carbonyl (C=O) groups is 2. The van der Waals surface area contributed by atoms with Crippen LogP contribution in [0.15, 0.2) is 0 Å². The smallest absolute Gasteiger partial charge is 0.305 e. The molecule has 0 aliphatic heterocycles. The molecule has 4 rings (SSSR count). The van der Waals surface area contributed by atoms with Crippen molar-refractivity contribution in [1.82, 2.24) is 0 Å². The molecule has 4 saturated carbocycles. The molecule has 322 valence electrons. The average molecular weight is 773 g/mol. The van der Waals surface area contributed by atoms with E-state index in [1.807, 2.05) is 0 Å². The van der Waals surface area contributed by atoms with Gasteiger partial charge in [-0.3, -0.25) is 9.59 Å². The highest BCUT2D eigenvalue weighted by molar-refractivity contribution is 5.69. The van der Waals surface area contributed by atoms with Gasteiger partial charge in [0.1, 0.15) is 0 Å². The van der Waals surface area contributed by atoms with Crippen LogP contribution in [-0.4, -0.2) is 36.9 Å². The van der Waals surface area contributed by atoms with Crippen molar-refractivity contribution in [2.75, 3.05) is 19.8 Å². The molecule has 5 heteroatoms. The first-order valence-corrected chi connectivity index (χ1v) is 24.7. The van der Waals surface area contributed by atoms with E-state index >= 15 is 0 Å². The lowest BCUT2D eigenvalue weighted by Crippen LogP contribution is -2.33. The first-order chi connectivity index (χ1) is 26.8. The summed E-state index contributed by atoms with van der Waals surface area (Å²) in [5, 5.41) is 9.87. The van der Waals surface area contributed by atoms with Crippen LogP contribution in [0.4, 0.5) is 0 Å². The van der Waals surface area contributed by atoms with Crippen LogP contribution in [0.5, 0.6) is 0 Å². The molecule has 55 heavy (non-hydrogen) atoms. The number of rotatable bonds is 37. The van der Waals surface area contributed by atoms with Crippen molar-refractivity contribution in [3.05, 3.63) is 0 Å². The summed E-state index contributed by atoms with van der Waals surface area (Å²) in [6, 6.07) is 0. The lowest BCUT2D eigenvalue weighted by atomic mass is 9.63. The summed E-state index contributed by atoms with van der Waals surface area (Å²) in [6.45, 7) is 10.6. The summed E-state index contributed by atoms with van der Waals surface area (Å²) < 4.78 is 11.7. The zero-order valence-electron chi connectivity index (χ0n) is 37.2. The minimum absolute atomic E-state index is 0.000695. The minimum Gasteiger partial charge on any atom is -0.466 e. The number of carbonyl (C=O) groups excluding carboxylic acids is 2. The number of hydrogen-bond donors (Lipinski definition) is 1. The van der Waals surface area contributed by atoms with Crippen molar-refractivity contribution in [2.45, 2.75) is 252 Å². The zero-order chi connectivity index (χ0) is 39.7. The van der Waals surface area contributed by atoms with Gasteiger partial charge in [0.05, 0.1) is 13.2 Å². The Morgan fingerprint density at radius 3 is 1.38 bits per heavy atom. The fourth-order valence-corrected chi connectivity index (χ4v) is 12.5. The van der Waals surface area contributed by atoms with Crippen molar-refractivity contribution >= 4 is 11.9 Å². The molecule has 0 radical (unpaired) electrons. The second kappa shape index (κ2) is 27.6. The molecule has 4 aliphatic carbocycles. The molecule has 0 spiro atoms. The Morgan fingerprint density at radius 1 is 0.509 bits per heavy atom.